The van der Waals surface area contributed by atoms with E-state index in [4.69, 9.17) is 39.5 Å². The van der Waals surface area contributed by atoms with Gasteiger partial charge in [0.2, 0.25) is 0 Å². The number of hydrogen-bond donors (Lipinski definition) is 1. The number of halogens is 3. The van der Waals surface area contributed by atoms with Gasteiger partial charge in [-0.15, -0.1) is 10.2 Å². The molecular formula is C22H17Cl3N4O2. The molecule has 9 heteroatoms. The number of nitrogens with zero attached hydrogens (tertiary/aromatic N) is 3. The van der Waals surface area contributed by atoms with E-state index in [1.165, 1.54) is 0 Å². The molecule has 4 rings (SSSR count). The van der Waals surface area contributed by atoms with Crippen molar-refractivity contribution in [3.8, 4) is 11.4 Å². The first-order chi connectivity index (χ1) is 14.8. The second-order valence-electron chi connectivity index (χ2n) is 6.89. The van der Waals surface area contributed by atoms with Gasteiger partial charge in [0.25, 0.3) is 5.91 Å². The smallest absolute Gasteiger partial charge is 0.262 e. The van der Waals surface area contributed by atoms with Gasteiger partial charge in [-0.05, 0) is 55.3 Å². The number of hydrogen-bond acceptors (Lipinski definition) is 4. The summed E-state index contributed by atoms with van der Waals surface area (Å²) in [4.78, 5) is 14.0. The maximum absolute atomic E-state index is 12.4. The van der Waals surface area contributed by atoms with Gasteiger partial charge < -0.3 is 10.1 Å². The summed E-state index contributed by atoms with van der Waals surface area (Å²) in [5, 5.41) is 12.7. The SMILES string of the molecule is Cc1c(Cl)c(C)c(Cl)c(OCC(=O)Nc2ccc3nn(-c4ccccc4)nc3c2)c1Cl. The highest BCUT2D eigenvalue weighted by atomic mass is 35.5. The molecule has 4 aromatic rings. The van der Waals surface area contributed by atoms with Crippen LogP contribution in [-0.4, -0.2) is 27.5 Å². The lowest BCUT2D eigenvalue weighted by Gasteiger charge is -2.15. The van der Waals surface area contributed by atoms with Crippen LogP contribution in [0.2, 0.25) is 15.1 Å². The average molecular weight is 476 g/mol. The summed E-state index contributed by atoms with van der Waals surface area (Å²) < 4.78 is 5.60. The van der Waals surface area contributed by atoms with E-state index < -0.39 is 0 Å². The molecule has 0 radical (unpaired) electrons. The van der Waals surface area contributed by atoms with Gasteiger partial charge in [0.05, 0.1) is 15.7 Å². The van der Waals surface area contributed by atoms with Crippen molar-refractivity contribution in [2.45, 2.75) is 13.8 Å². The fourth-order valence-corrected chi connectivity index (χ4v) is 3.86. The molecule has 1 N–H and O–H groups in total. The Morgan fingerprint density at radius 1 is 0.935 bits per heavy atom. The summed E-state index contributed by atoms with van der Waals surface area (Å²) in [5.41, 5.74) is 4.07. The summed E-state index contributed by atoms with van der Waals surface area (Å²) in [5.74, 6) is -0.133. The number of nitrogens with one attached hydrogen (secondary N) is 1. The molecule has 1 heterocycles. The van der Waals surface area contributed by atoms with Crippen molar-refractivity contribution in [1.82, 2.24) is 15.0 Å². The van der Waals surface area contributed by atoms with Gasteiger partial charge >= 0.3 is 0 Å². The van der Waals surface area contributed by atoms with Crippen molar-refractivity contribution in [1.29, 1.82) is 0 Å². The Morgan fingerprint density at radius 2 is 1.58 bits per heavy atom. The number of fused-ring (bicyclic) bond motifs is 1. The quantitative estimate of drug-likeness (QED) is 0.383. The van der Waals surface area contributed by atoms with Crippen LogP contribution in [0.25, 0.3) is 16.7 Å². The van der Waals surface area contributed by atoms with E-state index in [2.05, 4.69) is 15.5 Å². The number of carbonyl (C=O) groups excluding carboxylic acids is 1. The third-order valence-electron chi connectivity index (χ3n) is 4.71. The number of anilines is 1. The standard InChI is InChI=1S/C22H17Cl3N4O2/c1-12-19(23)13(2)21(25)22(20(12)24)31-11-18(30)26-14-8-9-16-17(10-14)28-29(27-16)15-6-4-3-5-7-15/h3-10H,11H2,1-2H3,(H,26,30). The molecule has 31 heavy (non-hydrogen) atoms. The Hall–Kier alpha value is -2.80. The molecule has 0 aliphatic rings. The third-order valence-corrected chi connectivity index (χ3v) is 6.19. The molecule has 158 valence electrons. The lowest BCUT2D eigenvalue weighted by molar-refractivity contribution is -0.118. The first-order valence-corrected chi connectivity index (χ1v) is 10.5. The van der Waals surface area contributed by atoms with Crippen LogP contribution < -0.4 is 10.1 Å². The molecule has 1 aromatic heterocycles. The highest BCUT2D eigenvalue weighted by Gasteiger charge is 2.19. The highest BCUT2D eigenvalue weighted by Crippen LogP contribution is 2.42. The molecule has 0 aliphatic carbocycles. The molecular weight excluding hydrogens is 459 g/mol. The van der Waals surface area contributed by atoms with Gasteiger partial charge in [-0.1, -0.05) is 53.0 Å². The second kappa shape index (κ2) is 8.75. The van der Waals surface area contributed by atoms with E-state index in [-0.39, 0.29) is 28.3 Å². The highest BCUT2D eigenvalue weighted by molar-refractivity contribution is 6.42. The number of para-hydroxylation sites is 1. The molecule has 3 aromatic carbocycles. The van der Waals surface area contributed by atoms with E-state index >= 15 is 0 Å². The Balaban J connectivity index is 1.48. The lowest BCUT2D eigenvalue weighted by atomic mass is 10.1. The minimum Gasteiger partial charge on any atom is -0.481 e. The zero-order valence-electron chi connectivity index (χ0n) is 16.6. The second-order valence-corrected chi connectivity index (χ2v) is 8.02. The monoisotopic (exact) mass is 474 g/mol. The zero-order chi connectivity index (χ0) is 22.1. The van der Waals surface area contributed by atoms with Crippen molar-refractivity contribution in [3.05, 3.63) is 74.7 Å². The Morgan fingerprint density at radius 3 is 2.26 bits per heavy atom. The fraction of sp³-hybridized carbons (Fsp3) is 0.136. The zero-order valence-corrected chi connectivity index (χ0v) is 18.9. The average Bonchev–Trinajstić information content (AvgIpc) is 3.20. The minimum absolute atomic E-state index is 0.235. The van der Waals surface area contributed by atoms with E-state index in [0.717, 1.165) is 5.69 Å². The normalized spacial score (nSPS) is 11.0. The van der Waals surface area contributed by atoms with E-state index in [1.54, 1.807) is 36.8 Å². The molecule has 0 saturated carbocycles. The van der Waals surface area contributed by atoms with Crippen molar-refractivity contribution in [2.75, 3.05) is 11.9 Å². The Kier molecular flexibility index (Phi) is 6.05. The van der Waals surface area contributed by atoms with Crippen molar-refractivity contribution in [3.63, 3.8) is 0 Å². The first kappa shape index (κ1) is 21.4. The van der Waals surface area contributed by atoms with E-state index in [9.17, 15) is 4.79 Å². The number of ether oxygens (including phenoxy) is 1. The molecule has 6 nitrogen and oxygen atoms in total. The fourth-order valence-electron chi connectivity index (χ4n) is 3.04. The van der Waals surface area contributed by atoms with Gasteiger partial charge in [0.15, 0.2) is 12.4 Å². The van der Waals surface area contributed by atoms with Crippen LogP contribution in [0, 0.1) is 13.8 Å². The van der Waals surface area contributed by atoms with Crippen LogP contribution in [0.1, 0.15) is 11.1 Å². The molecule has 0 atom stereocenters. The maximum Gasteiger partial charge on any atom is 0.262 e. The summed E-state index contributed by atoms with van der Waals surface area (Å²) in [7, 11) is 0. The summed E-state index contributed by atoms with van der Waals surface area (Å²) in [6, 6.07) is 14.9. The van der Waals surface area contributed by atoms with Gasteiger partial charge in [0.1, 0.15) is 11.0 Å². The van der Waals surface area contributed by atoms with Crippen LogP contribution in [0.3, 0.4) is 0 Å². The van der Waals surface area contributed by atoms with Gasteiger partial charge in [-0.3, -0.25) is 4.79 Å². The molecule has 0 fully saturated rings. The largest absolute Gasteiger partial charge is 0.481 e. The predicted molar refractivity (Wildman–Crippen MR) is 124 cm³/mol. The van der Waals surface area contributed by atoms with Crippen LogP contribution in [0.15, 0.2) is 48.5 Å². The van der Waals surface area contributed by atoms with E-state index in [1.807, 2.05) is 30.3 Å². The number of benzene rings is 3. The molecule has 0 spiro atoms. The summed E-state index contributed by atoms with van der Waals surface area (Å²) >= 11 is 18.8. The minimum atomic E-state index is -0.368. The molecule has 0 bridgehead atoms. The van der Waals surface area contributed by atoms with Gasteiger partial charge in [-0.25, -0.2) is 0 Å². The van der Waals surface area contributed by atoms with Crippen molar-refractivity contribution < 1.29 is 9.53 Å². The third kappa shape index (κ3) is 4.32. The first-order valence-electron chi connectivity index (χ1n) is 9.34. The summed E-state index contributed by atoms with van der Waals surface area (Å²) in [6.07, 6.45) is 0. The summed E-state index contributed by atoms with van der Waals surface area (Å²) in [6.45, 7) is 3.26. The molecule has 1 amide bonds. The number of carbonyl (C=O) groups is 1. The van der Waals surface area contributed by atoms with Crippen LogP contribution in [0.5, 0.6) is 5.75 Å². The number of amides is 1. The Labute approximate surface area is 193 Å². The Bertz CT molecular complexity index is 1260. The molecule has 0 saturated heterocycles. The van der Waals surface area contributed by atoms with Crippen LogP contribution in [0.4, 0.5) is 5.69 Å². The predicted octanol–water partition coefficient (Wildman–Crippen LogP) is 6.02. The topological polar surface area (TPSA) is 69.0 Å². The van der Waals surface area contributed by atoms with Crippen molar-refractivity contribution >= 4 is 57.4 Å². The van der Waals surface area contributed by atoms with Crippen molar-refractivity contribution in [2.24, 2.45) is 0 Å². The van der Waals surface area contributed by atoms with E-state index in [0.29, 0.717) is 32.9 Å². The van der Waals surface area contributed by atoms with Crippen LogP contribution >= 0.6 is 34.8 Å². The molecule has 0 aliphatic heterocycles. The van der Waals surface area contributed by atoms with Gasteiger partial charge in [0, 0.05) is 10.7 Å². The maximum atomic E-state index is 12.4. The molecule has 0 unspecified atom stereocenters. The van der Waals surface area contributed by atoms with Gasteiger partial charge in [-0.2, -0.15) is 4.80 Å². The number of rotatable bonds is 5. The number of aromatic nitrogens is 3. The van der Waals surface area contributed by atoms with Crippen LogP contribution in [-0.2, 0) is 4.79 Å². The lowest BCUT2D eigenvalue weighted by Crippen LogP contribution is -2.20.